The van der Waals surface area contributed by atoms with Crippen molar-refractivity contribution in [2.45, 2.75) is 126 Å². The van der Waals surface area contributed by atoms with Crippen molar-refractivity contribution >= 4 is 147 Å². The third kappa shape index (κ3) is 17.4. The lowest BCUT2D eigenvalue weighted by Crippen LogP contribution is -2.34. The third-order valence-corrected chi connectivity index (χ3v) is 17.3. The van der Waals surface area contributed by atoms with Gasteiger partial charge in [0.15, 0.2) is 10.0 Å². The van der Waals surface area contributed by atoms with Gasteiger partial charge < -0.3 is 37.2 Å². The Morgan fingerprint density at radius 2 is 0.922 bits per heavy atom. The Labute approximate surface area is 615 Å². The summed E-state index contributed by atoms with van der Waals surface area (Å²) in [5.74, 6) is 1.40. The van der Waals surface area contributed by atoms with Crippen LogP contribution >= 0.6 is 61.8 Å². The second-order valence-electron chi connectivity index (χ2n) is 26.8. The topological polar surface area (TPSA) is 252 Å². The smallest absolute Gasteiger partial charge is 0.435 e. The summed E-state index contributed by atoms with van der Waals surface area (Å²) in [6, 6.07) is 29.8. The lowest BCUT2D eigenvalue weighted by atomic mass is 10.1. The molecule has 0 unspecified atom stereocenters. The first kappa shape index (κ1) is 74.6. The van der Waals surface area contributed by atoms with E-state index in [2.05, 4.69) is 59.7 Å². The van der Waals surface area contributed by atoms with Gasteiger partial charge in [0.25, 0.3) is 0 Å². The van der Waals surface area contributed by atoms with E-state index in [0.717, 1.165) is 59.8 Å². The molecule has 4 aromatic carbocycles. The van der Waals surface area contributed by atoms with Crippen LogP contribution in [0.3, 0.4) is 0 Å². The number of hydrogen-bond acceptors (Lipinski definition) is 20. The first-order chi connectivity index (χ1) is 48.1. The molecule has 0 fully saturated rings. The molecule has 8 heterocycles. The fourth-order valence-corrected chi connectivity index (χ4v) is 12.5. The van der Waals surface area contributed by atoms with Crippen LogP contribution in [0.15, 0.2) is 158 Å². The number of amides is 2. The van der Waals surface area contributed by atoms with Crippen LogP contribution in [0.4, 0.5) is 40.8 Å². The molecular weight excluding hydrogens is 1450 g/mol. The van der Waals surface area contributed by atoms with Crippen molar-refractivity contribution in [1.29, 1.82) is 0 Å². The van der Waals surface area contributed by atoms with Gasteiger partial charge in [-0.1, -0.05) is 111 Å². The quantitative estimate of drug-likeness (QED) is 0.0768. The highest BCUT2D eigenvalue weighted by Gasteiger charge is 2.34. The standard InChI is InChI=1S/C36H36ClN7O5S.C32H29BrClN7O4S.C5H10O/c1-9-47-21(2)22-12-14-23(15-13-22)26-20-42-18-10-11-24(30(42)39-26)31-40-41-32(50-31)43(33(45)48-35(3,4)5)28-17-16-27-25(29(28)37)19-38-44(27)34(46)49-36(6,7)8;1-31(2,3)44-29(42)40(24-14-13-23-21(25(24)34)16-35-41(23)30(43)45-32(4,5)6)28-38-37-27(46-28)20-8-7-15-39-17-22(36-26(20)39)18-9-11-19(33)12-10-18;1-4-6-5(2)3/h10-20H,2,9H2,1,3-8H3;7-17H,1-6H3;2,4H2,1,3H3. The second kappa shape index (κ2) is 30.3. The molecule has 29 heteroatoms. The van der Waals surface area contributed by atoms with Crippen LogP contribution in [0.5, 0.6) is 0 Å². The minimum Gasteiger partial charge on any atom is -0.499 e. The Balaban J connectivity index is 0.000000204. The number of pyridine rings is 2. The monoisotopic (exact) mass is 1520 g/mol. The van der Waals surface area contributed by atoms with Gasteiger partial charge in [-0.15, -0.1) is 20.4 Å². The maximum absolute atomic E-state index is 13.8. The summed E-state index contributed by atoms with van der Waals surface area (Å²) < 4.78 is 40.0. The van der Waals surface area contributed by atoms with E-state index < -0.39 is 46.8 Å². The van der Waals surface area contributed by atoms with Crippen LogP contribution < -0.4 is 9.80 Å². The minimum absolute atomic E-state index is 0.163. The highest BCUT2D eigenvalue weighted by Crippen LogP contribution is 2.44. The largest absolute Gasteiger partial charge is 0.499 e. The molecule has 12 rings (SSSR count). The summed E-state index contributed by atoms with van der Waals surface area (Å²) in [5, 5.41) is 28.8. The Bertz CT molecular complexity index is 5130. The number of benzene rings is 4. The highest BCUT2D eigenvalue weighted by atomic mass is 79.9. The molecule has 0 atom stereocenters. The average molecular weight is 1520 g/mol. The predicted molar refractivity (Wildman–Crippen MR) is 403 cm³/mol. The number of hydrogen-bond donors (Lipinski definition) is 0. The van der Waals surface area contributed by atoms with E-state index in [0.29, 0.717) is 61.0 Å². The van der Waals surface area contributed by atoms with E-state index in [-0.39, 0.29) is 31.7 Å². The molecule has 0 saturated heterocycles. The van der Waals surface area contributed by atoms with Gasteiger partial charge in [-0.3, -0.25) is 0 Å². The molecular formula is C73H75BrCl2N14O10S2. The molecule has 0 saturated carbocycles. The van der Waals surface area contributed by atoms with Crippen LogP contribution in [0.1, 0.15) is 109 Å². The first-order valence-electron chi connectivity index (χ1n) is 32.0. The van der Waals surface area contributed by atoms with E-state index in [9.17, 15) is 19.2 Å². The third-order valence-electron chi connectivity index (χ3n) is 14.1. The van der Waals surface area contributed by atoms with Crippen LogP contribution in [-0.2, 0) is 28.4 Å². The number of imidazole rings is 2. The molecule has 102 heavy (non-hydrogen) atoms. The normalized spacial score (nSPS) is 11.7. The number of aromatic nitrogens is 12. The summed E-state index contributed by atoms with van der Waals surface area (Å²) in [6.07, 6.45) is 7.88. The minimum atomic E-state index is -0.826. The van der Waals surface area contributed by atoms with Crippen molar-refractivity contribution in [2.75, 3.05) is 23.0 Å². The maximum atomic E-state index is 13.8. The molecule has 0 N–H and O–H groups in total. The molecule has 0 bridgehead atoms. The Morgan fingerprint density at radius 1 is 0.529 bits per heavy atom. The Hall–Kier alpha value is -10.1. The lowest BCUT2D eigenvalue weighted by Gasteiger charge is -2.26. The zero-order valence-electron chi connectivity index (χ0n) is 58.8. The molecule has 0 aliphatic heterocycles. The predicted octanol–water partition coefficient (Wildman–Crippen LogP) is 20.1. The number of halogens is 3. The van der Waals surface area contributed by atoms with Gasteiger partial charge in [0.1, 0.15) is 39.5 Å². The van der Waals surface area contributed by atoms with Crippen molar-refractivity contribution in [2.24, 2.45) is 0 Å². The van der Waals surface area contributed by atoms with E-state index in [1.807, 2.05) is 127 Å². The average Bonchev–Trinajstić information content (AvgIpc) is 1.58. The molecule has 12 aromatic rings. The van der Waals surface area contributed by atoms with Crippen molar-refractivity contribution in [3.05, 3.63) is 173 Å². The fourth-order valence-electron chi connectivity index (χ4n) is 9.95. The van der Waals surface area contributed by atoms with Crippen LogP contribution in [0.25, 0.3) is 82.5 Å². The molecule has 530 valence electrons. The van der Waals surface area contributed by atoms with E-state index in [4.69, 9.17) is 61.6 Å². The van der Waals surface area contributed by atoms with Gasteiger partial charge in [-0.05, 0) is 165 Å². The van der Waals surface area contributed by atoms with Gasteiger partial charge in [0.2, 0.25) is 10.3 Å². The summed E-state index contributed by atoms with van der Waals surface area (Å²) in [7, 11) is 0. The zero-order chi connectivity index (χ0) is 73.9. The van der Waals surface area contributed by atoms with E-state index in [1.54, 1.807) is 107 Å². The van der Waals surface area contributed by atoms with Gasteiger partial charge in [0, 0.05) is 56.7 Å². The molecule has 0 radical (unpaired) electrons. The van der Waals surface area contributed by atoms with Crippen LogP contribution in [0.2, 0.25) is 10.0 Å². The number of carbonyl (C=O) groups excluding carboxylic acids is 4. The fraction of sp³-hybridized carbons (Fsp3) is 0.288. The van der Waals surface area contributed by atoms with Crippen molar-refractivity contribution in [1.82, 2.24) is 58.7 Å². The number of ether oxygens (including phenoxy) is 6. The van der Waals surface area contributed by atoms with Crippen molar-refractivity contribution in [3.63, 3.8) is 0 Å². The summed E-state index contributed by atoms with van der Waals surface area (Å²) in [4.78, 5) is 65.5. The lowest BCUT2D eigenvalue weighted by molar-refractivity contribution is 0.0511. The zero-order valence-corrected chi connectivity index (χ0v) is 63.6. The van der Waals surface area contributed by atoms with E-state index >= 15 is 0 Å². The number of anilines is 4. The Kier molecular flexibility index (Phi) is 22.1. The van der Waals surface area contributed by atoms with Crippen molar-refractivity contribution < 1.29 is 47.6 Å². The van der Waals surface area contributed by atoms with Gasteiger partial charge >= 0.3 is 24.4 Å². The summed E-state index contributed by atoms with van der Waals surface area (Å²) >= 11 is 19.7. The number of carbonyl (C=O) groups is 4. The molecule has 0 aliphatic rings. The van der Waals surface area contributed by atoms with Gasteiger partial charge in [0.05, 0.1) is 86.3 Å². The number of fused-ring (bicyclic) bond motifs is 4. The van der Waals surface area contributed by atoms with E-state index in [1.165, 1.54) is 44.9 Å². The number of allylic oxidation sites excluding steroid dienone is 1. The maximum Gasteiger partial charge on any atom is 0.435 e. The summed E-state index contributed by atoms with van der Waals surface area (Å²) in [6.45, 7) is 35.7. The van der Waals surface area contributed by atoms with Crippen molar-refractivity contribution in [3.8, 4) is 43.7 Å². The molecule has 0 aliphatic carbocycles. The number of nitrogens with zero attached hydrogens (tertiary/aromatic N) is 14. The van der Waals surface area contributed by atoms with Gasteiger partial charge in [-0.2, -0.15) is 19.6 Å². The van der Waals surface area contributed by atoms with Crippen LogP contribution in [0, 0.1) is 0 Å². The Morgan fingerprint density at radius 3 is 1.28 bits per heavy atom. The van der Waals surface area contributed by atoms with Crippen LogP contribution in [-0.4, -0.2) is 119 Å². The van der Waals surface area contributed by atoms with Gasteiger partial charge in [-0.25, -0.2) is 38.9 Å². The second-order valence-corrected chi connectivity index (χ2v) is 30.4. The molecule has 0 spiro atoms. The number of rotatable bonds is 13. The highest BCUT2D eigenvalue weighted by molar-refractivity contribution is 9.10. The SMILES string of the molecule is C=C(C)OCC.C=C(OCC)c1ccc(-c2cn3cccc(-c4nnc(N(C(=O)OC(C)(C)C)c5ccc6c(cnn6C(=O)OC(C)(C)C)c5Cl)s4)c3n2)cc1.CC(C)(C)OC(=O)N(c1nnc(-c2cccn3cc(-c4ccc(Br)cc4)nc23)s1)c1ccc2c(cnn2C(=O)OC(C)(C)C)c1Cl. The summed E-state index contributed by atoms with van der Waals surface area (Å²) in [5.41, 5.74) is 5.43. The molecule has 2 amide bonds. The molecule has 8 aromatic heterocycles. The molecule has 24 nitrogen and oxygen atoms in total. The first-order valence-corrected chi connectivity index (χ1v) is 35.2.